The molecule has 1 N–H and O–H groups in total. The average molecular weight is 372 g/mol. The Bertz CT molecular complexity index is 849. The molecule has 2 aromatic rings. The number of hydrogen-bond donors (Lipinski definition) is 1. The van der Waals surface area contributed by atoms with E-state index in [9.17, 15) is 5.11 Å². The third-order valence-corrected chi connectivity index (χ3v) is 5.69. The lowest BCUT2D eigenvalue weighted by Gasteiger charge is -2.19. The highest BCUT2D eigenvalue weighted by molar-refractivity contribution is 7.07. The molecule has 0 atom stereocenters. The first kappa shape index (κ1) is 18.9. The molecular formula is C21H29N3OS. The molecule has 1 heterocycles. The monoisotopic (exact) mass is 371 g/mol. The van der Waals surface area contributed by atoms with Crippen molar-refractivity contribution in [2.45, 2.75) is 71.3 Å². The molecule has 5 heteroatoms. The number of rotatable bonds is 3. The Kier molecular flexibility index (Phi) is 5.66. The van der Waals surface area contributed by atoms with E-state index in [1.807, 2.05) is 29.9 Å². The van der Waals surface area contributed by atoms with Crippen molar-refractivity contribution in [1.29, 1.82) is 0 Å². The fraction of sp³-hybridized carbons (Fsp3) is 0.524. The second kappa shape index (κ2) is 7.78. The molecule has 0 radical (unpaired) electrons. The molecule has 140 valence electrons. The van der Waals surface area contributed by atoms with Crippen LogP contribution in [-0.2, 0) is 5.41 Å². The summed E-state index contributed by atoms with van der Waals surface area (Å²) in [5.74, 6) is 0.314. The molecule has 1 aliphatic carbocycles. The summed E-state index contributed by atoms with van der Waals surface area (Å²) < 4.78 is 2.00. The number of thiazole rings is 1. The van der Waals surface area contributed by atoms with E-state index in [1.165, 1.54) is 37.8 Å². The highest BCUT2D eigenvalue weighted by atomic mass is 32.1. The molecule has 0 saturated heterocycles. The van der Waals surface area contributed by atoms with Crippen LogP contribution in [-0.4, -0.2) is 22.0 Å². The summed E-state index contributed by atoms with van der Waals surface area (Å²) >= 11 is 1.68. The lowest BCUT2D eigenvalue weighted by atomic mass is 9.93. The van der Waals surface area contributed by atoms with E-state index >= 15 is 0 Å². The Morgan fingerprint density at radius 1 is 1.19 bits per heavy atom. The molecule has 0 amide bonds. The second-order valence-corrected chi connectivity index (χ2v) is 9.01. The van der Waals surface area contributed by atoms with E-state index in [1.54, 1.807) is 17.4 Å². The highest BCUT2D eigenvalue weighted by Gasteiger charge is 2.20. The summed E-state index contributed by atoms with van der Waals surface area (Å²) in [5.41, 5.74) is 3.00. The van der Waals surface area contributed by atoms with Crippen LogP contribution in [0.4, 0.5) is 0 Å². The summed E-state index contributed by atoms with van der Waals surface area (Å²) in [5, 5.41) is 16.7. The number of phenols is 1. The Morgan fingerprint density at radius 2 is 1.92 bits per heavy atom. The minimum Gasteiger partial charge on any atom is -0.508 e. The normalized spacial score (nSPS) is 17.3. The van der Waals surface area contributed by atoms with Crippen molar-refractivity contribution in [3.63, 3.8) is 0 Å². The summed E-state index contributed by atoms with van der Waals surface area (Å²) in [6.07, 6.45) is 8.12. The average Bonchev–Trinajstić information content (AvgIpc) is 3.00. The van der Waals surface area contributed by atoms with Crippen LogP contribution < -0.4 is 4.80 Å². The maximum Gasteiger partial charge on any atom is 0.206 e. The summed E-state index contributed by atoms with van der Waals surface area (Å²) in [4.78, 5) is 6.00. The van der Waals surface area contributed by atoms with Crippen LogP contribution in [0.15, 0.2) is 33.7 Å². The van der Waals surface area contributed by atoms with Gasteiger partial charge in [0, 0.05) is 10.8 Å². The zero-order chi connectivity index (χ0) is 18.7. The number of phenolic OH excluding ortho intramolecular Hbond substituents is 1. The van der Waals surface area contributed by atoms with Crippen molar-refractivity contribution in [2.24, 2.45) is 10.1 Å². The molecule has 1 aromatic heterocycles. The molecule has 0 bridgehead atoms. The van der Waals surface area contributed by atoms with Crippen LogP contribution in [0.1, 0.15) is 69.7 Å². The van der Waals surface area contributed by atoms with Crippen LogP contribution in [0.25, 0.3) is 0 Å². The van der Waals surface area contributed by atoms with E-state index in [-0.39, 0.29) is 5.41 Å². The first-order valence-electron chi connectivity index (χ1n) is 9.43. The first-order valence-corrected chi connectivity index (χ1v) is 10.3. The van der Waals surface area contributed by atoms with Crippen LogP contribution in [0, 0.1) is 6.92 Å². The van der Waals surface area contributed by atoms with Crippen molar-refractivity contribution < 1.29 is 5.11 Å². The molecule has 0 aliphatic heterocycles. The smallest absolute Gasteiger partial charge is 0.206 e. The molecule has 26 heavy (non-hydrogen) atoms. The van der Waals surface area contributed by atoms with Gasteiger partial charge in [-0.1, -0.05) is 40.0 Å². The van der Waals surface area contributed by atoms with Gasteiger partial charge in [-0.05, 0) is 49.1 Å². The summed E-state index contributed by atoms with van der Waals surface area (Å²) in [6, 6.07) is 5.97. The minimum atomic E-state index is -0.000945. The molecule has 1 aromatic carbocycles. The van der Waals surface area contributed by atoms with Gasteiger partial charge >= 0.3 is 0 Å². The van der Waals surface area contributed by atoms with E-state index in [2.05, 4.69) is 26.2 Å². The number of aryl methyl sites for hydroxylation is 1. The summed E-state index contributed by atoms with van der Waals surface area (Å²) in [6.45, 7) is 8.51. The maximum atomic E-state index is 9.71. The van der Waals surface area contributed by atoms with Gasteiger partial charge in [0.1, 0.15) is 5.75 Å². The lowest BCUT2D eigenvalue weighted by Crippen LogP contribution is -2.24. The van der Waals surface area contributed by atoms with E-state index in [0.29, 0.717) is 11.8 Å². The third-order valence-electron chi connectivity index (χ3n) is 4.86. The van der Waals surface area contributed by atoms with Gasteiger partial charge in [0.2, 0.25) is 4.80 Å². The van der Waals surface area contributed by atoms with Crippen molar-refractivity contribution in [3.05, 3.63) is 45.2 Å². The largest absolute Gasteiger partial charge is 0.508 e. The van der Waals surface area contributed by atoms with Gasteiger partial charge in [0.25, 0.3) is 0 Å². The standard InChI is InChI=1S/C21H29N3OS/c1-15-12-16(10-11-18(15)25)13-22-24-19(21(2,3)4)14-26-20(24)23-17-8-6-5-7-9-17/h10-14,17,25H,5-9H2,1-4H3/b22-13+,23-20-. The molecule has 1 saturated carbocycles. The summed E-state index contributed by atoms with van der Waals surface area (Å²) in [7, 11) is 0. The zero-order valence-electron chi connectivity index (χ0n) is 16.2. The van der Waals surface area contributed by atoms with E-state index < -0.39 is 0 Å². The lowest BCUT2D eigenvalue weighted by molar-refractivity contribution is 0.433. The predicted molar refractivity (Wildman–Crippen MR) is 109 cm³/mol. The topological polar surface area (TPSA) is 49.9 Å². The maximum absolute atomic E-state index is 9.71. The fourth-order valence-electron chi connectivity index (χ4n) is 3.25. The van der Waals surface area contributed by atoms with Gasteiger partial charge in [0.05, 0.1) is 18.0 Å². The SMILES string of the molecule is Cc1cc(/C=N/n2c(C(C)(C)C)cs/c2=N\C2CCCCC2)ccc1O. The van der Waals surface area contributed by atoms with Crippen LogP contribution in [0.3, 0.4) is 0 Å². The molecule has 1 fully saturated rings. The van der Waals surface area contributed by atoms with Crippen molar-refractivity contribution >= 4 is 17.6 Å². The molecule has 0 unspecified atom stereocenters. The third kappa shape index (κ3) is 4.44. The molecule has 3 rings (SSSR count). The van der Waals surface area contributed by atoms with Gasteiger partial charge in [-0.3, -0.25) is 4.99 Å². The zero-order valence-corrected chi connectivity index (χ0v) is 17.0. The Hall–Kier alpha value is -1.88. The van der Waals surface area contributed by atoms with Gasteiger partial charge < -0.3 is 5.11 Å². The number of benzene rings is 1. The minimum absolute atomic E-state index is 0.000945. The second-order valence-electron chi connectivity index (χ2n) is 8.18. The van der Waals surface area contributed by atoms with Crippen LogP contribution >= 0.6 is 11.3 Å². The number of aromatic hydroxyl groups is 1. The molecule has 4 nitrogen and oxygen atoms in total. The van der Waals surface area contributed by atoms with Crippen molar-refractivity contribution in [1.82, 2.24) is 4.68 Å². The predicted octanol–water partition coefficient (Wildman–Crippen LogP) is 4.98. The van der Waals surface area contributed by atoms with Crippen LogP contribution in [0.2, 0.25) is 0 Å². The van der Waals surface area contributed by atoms with Gasteiger partial charge in [-0.15, -0.1) is 11.3 Å². The molecular weight excluding hydrogens is 342 g/mol. The number of aromatic nitrogens is 1. The fourth-order valence-corrected chi connectivity index (χ4v) is 4.38. The Morgan fingerprint density at radius 3 is 2.58 bits per heavy atom. The molecule has 1 aliphatic rings. The Balaban J connectivity index is 1.99. The van der Waals surface area contributed by atoms with Gasteiger partial charge in [0.15, 0.2) is 0 Å². The van der Waals surface area contributed by atoms with Gasteiger partial charge in [-0.2, -0.15) is 5.10 Å². The van der Waals surface area contributed by atoms with E-state index in [0.717, 1.165) is 15.9 Å². The van der Waals surface area contributed by atoms with Crippen LogP contribution in [0.5, 0.6) is 5.75 Å². The van der Waals surface area contributed by atoms with E-state index in [4.69, 9.17) is 10.1 Å². The quantitative estimate of drug-likeness (QED) is 0.760. The first-order chi connectivity index (χ1) is 12.3. The molecule has 0 spiro atoms. The number of hydrogen-bond acceptors (Lipinski definition) is 4. The van der Waals surface area contributed by atoms with Crippen molar-refractivity contribution in [3.8, 4) is 5.75 Å². The number of nitrogens with zero attached hydrogens (tertiary/aromatic N) is 3. The van der Waals surface area contributed by atoms with Crippen molar-refractivity contribution in [2.75, 3.05) is 0 Å². The highest BCUT2D eigenvalue weighted by Crippen LogP contribution is 2.24. The van der Waals surface area contributed by atoms with Gasteiger partial charge in [-0.25, -0.2) is 4.68 Å². The Labute approximate surface area is 159 Å².